The van der Waals surface area contributed by atoms with Crippen LogP contribution in [0.25, 0.3) is 10.4 Å². The van der Waals surface area contributed by atoms with Gasteiger partial charge in [-0.25, -0.2) is 4.99 Å². The number of esters is 1. The first-order valence-corrected chi connectivity index (χ1v) is 13.9. The highest BCUT2D eigenvalue weighted by atomic mass is 16.6. The molecule has 1 fully saturated rings. The van der Waals surface area contributed by atoms with Crippen molar-refractivity contribution in [2.24, 2.45) is 10.1 Å². The molecular weight excluding hydrogens is 526 g/mol. The molecule has 0 spiro atoms. The second-order valence-corrected chi connectivity index (χ2v) is 11.2. The standard InChI is InChI=1S/C30H37N5O6/c1-29(2,3)41-25(37)15-16-30(28(38)33-22-11-12-22)26(24-8-5-4-7-21(24)19-32-35-31)40-27(34-30)20-9-13-23(14-10-20)39-18-6-17-36/h4-5,7-10,13-14,22,26,36H,6,11-12,15-19H2,1-3H3,(H,33,38)/t26-,30-/m1/s1. The first-order chi connectivity index (χ1) is 19.6. The molecule has 11 heteroatoms. The summed E-state index contributed by atoms with van der Waals surface area (Å²) in [6.45, 7) is 5.87. The van der Waals surface area contributed by atoms with Crippen LogP contribution in [0.2, 0.25) is 0 Å². The topological polar surface area (TPSA) is 155 Å². The van der Waals surface area contributed by atoms with E-state index in [1.807, 2.05) is 24.3 Å². The highest BCUT2D eigenvalue weighted by Crippen LogP contribution is 2.45. The fraction of sp³-hybridized carbons (Fsp3) is 0.500. The summed E-state index contributed by atoms with van der Waals surface area (Å²) < 4.78 is 17.7. The molecule has 11 nitrogen and oxygen atoms in total. The second kappa shape index (κ2) is 13.1. The van der Waals surface area contributed by atoms with Gasteiger partial charge in [0.05, 0.1) is 13.2 Å². The van der Waals surface area contributed by atoms with Crippen molar-refractivity contribution in [3.8, 4) is 5.75 Å². The molecule has 2 atom stereocenters. The number of nitrogens with one attached hydrogen (secondary N) is 1. The van der Waals surface area contributed by atoms with Gasteiger partial charge in [0.1, 0.15) is 11.4 Å². The zero-order chi connectivity index (χ0) is 29.5. The predicted molar refractivity (Wildman–Crippen MR) is 152 cm³/mol. The van der Waals surface area contributed by atoms with Crippen LogP contribution in [0.3, 0.4) is 0 Å². The van der Waals surface area contributed by atoms with Crippen molar-refractivity contribution in [3.63, 3.8) is 0 Å². The van der Waals surface area contributed by atoms with E-state index in [-0.39, 0.29) is 43.8 Å². The maximum absolute atomic E-state index is 14.0. The van der Waals surface area contributed by atoms with Gasteiger partial charge in [-0.2, -0.15) is 0 Å². The van der Waals surface area contributed by atoms with Crippen LogP contribution >= 0.6 is 0 Å². The quantitative estimate of drug-likeness (QED) is 0.116. The molecule has 1 aliphatic carbocycles. The van der Waals surface area contributed by atoms with E-state index in [4.69, 9.17) is 29.8 Å². The average Bonchev–Trinajstić information content (AvgIpc) is 3.67. The Morgan fingerprint density at radius 1 is 1.20 bits per heavy atom. The van der Waals surface area contributed by atoms with Crippen molar-refractivity contribution in [3.05, 3.63) is 75.7 Å². The number of aliphatic hydroxyl groups excluding tert-OH is 1. The summed E-state index contributed by atoms with van der Waals surface area (Å²) in [4.78, 5) is 34.7. The van der Waals surface area contributed by atoms with Crippen LogP contribution in [0.1, 0.15) is 75.7 Å². The Balaban J connectivity index is 1.74. The van der Waals surface area contributed by atoms with Crippen LogP contribution < -0.4 is 10.1 Å². The molecule has 41 heavy (non-hydrogen) atoms. The van der Waals surface area contributed by atoms with Gasteiger partial charge in [-0.3, -0.25) is 9.59 Å². The number of ether oxygens (including phenoxy) is 3. The van der Waals surface area contributed by atoms with E-state index in [0.717, 1.165) is 12.8 Å². The minimum absolute atomic E-state index is 0.0412. The van der Waals surface area contributed by atoms with Gasteiger partial charge in [0.15, 0.2) is 11.6 Å². The lowest BCUT2D eigenvalue weighted by Crippen LogP contribution is -2.49. The number of carbonyl (C=O) groups is 2. The molecule has 2 aromatic rings. The molecule has 1 heterocycles. The van der Waals surface area contributed by atoms with Crippen molar-refractivity contribution in [1.82, 2.24) is 5.32 Å². The van der Waals surface area contributed by atoms with Gasteiger partial charge < -0.3 is 24.6 Å². The Labute approximate surface area is 239 Å². The summed E-state index contributed by atoms with van der Waals surface area (Å²) in [6, 6.07) is 14.5. The Bertz CT molecular complexity index is 1310. The molecule has 0 bridgehead atoms. The van der Waals surface area contributed by atoms with E-state index in [2.05, 4.69) is 15.3 Å². The molecule has 218 valence electrons. The Morgan fingerprint density at radius 3 is 2.59 bits per heavy atom. The Kier molecular flexibility index (Phi) is 9.52. The van der Waals surface area contributed by atoms with E-state index in [9.17, 15) is 9.59 Å². The van der Waals surface area contributed by atoms with Crippen molar-refractivity contribution in [2.45, 2.75) is 82.7 Å². The highest BCUT2D eigenvalue weighted by Gasteiger charge is 2.54. The molecule has 4 rings (SSSR count). The Hall–Kier alpha value is -4.08. The lowest BCUT2D eigenvalue weighted by atomic mass is 9.81. The normalized spacial score (nSPS) is 19.9. The van der Waals surface area contributed by atoms with Crippen molar-refractivity contribution in [2.75, 3.05) is 13.2 Å². The number of hydrogen-bond acceptors (Lipinski definition) is 8. The number of nitrogens with zero attached hydrogens (tertiary/aromatic N) is 4. The largest absolute Gasteiger partial charge is 0.494 e. The molecule has 0 radical (unpaired) electrons. The molecule has 2 aromatic carbocycles. The molecule has 1 saturated carbocycles. The monoisotopic (exact) mass is 563 g/mol. The van der Waals surface area contributed by atoms with Crippen LogP contribution in [0.4, 0.5) is 0 Å². The van der Waals surface area contributed by atoms with Gasteiger partial charge in [-0.05, 0) is 81.0 Å². The third-order valence-electron chi connectivity index (χ3n) is 6.71. The summed E-state index contributed by atoms with van der Waals surface area (Å²) in [5, 5.41) is 15.8. The summed E-state index contributed by atoms with van der Waals surface area (Å²) >= 11 is 0. The second-order valence-electron chi connectivity index (χ2n) is 11.2. The fourth-order valence-electron chi connectivity index (χ4n) is 4.61. The van der Waals surface area contributed by atoms with Crippen LogP contribution in [0.5, 0.6) is 5.75 Å². The van der Waals surface area contributed by atoms with Gasteiger partial charge in [-0.15, -0.1) is 0 Å². The van der Waals surface area contributed by atoms with Gasteiger partial charge in [0.2, 0.25) is 5.90 Å². The zero-order valence-electron chi connectivity index (χ0n) is 23.7. The number of azide groups is 1. The first kappa shape index (κ1) is 29.9. The van der Waals surface area contributed by atoms with E-state index < -0.39 is 23.2 Å². The minimum Gasteiger partial charge on any atom is -0.494 e. The predicted octanol–water partition coefficient (Wildman–Crippen LogP) is 4.92. The average molecular weight is 564 g/mol. The smallest absolute Gasteiger partial charge is 0.306 e. The maximum atomic E-state index is 14.0. The molecule has 2 aliphatic rings. The van der Waals surface area contributed by atoms with Crippen molar-refractivity contribution in [1.29, 1.82) is 0 Å². The lowest BCUT2D eigenvalue weighted by Gasteiger charge is -2.32. The summed E-state index contributed by atoms with van der Waals surface area (Å²) in [5.41, 5.74) is 8.79. The van der Waals surface area contributed by atoms with Gasteiger partial charge in [0.25, 0.3) is 5.91 Å². The third-order valence-corrected chi connectivity index (χ3v) is 6.71. The molecule has 2 N–H and O–H groups in total. The third kappa shape index (κ3) is 7.77. The lowest BCUT2D eigenvalue weighted by molar-refractivity contribution is -0.155. The number of benzene rings is 2. The van der Waals surface area contributed by atoms with E-state index in [1.165, 1.54) is 0 Å². The van der Waals surface area contributed by atoms with Gasteiger partial charge in [-0.1, -0.05) is 29.4 Å². The van der Waals surface area contributed by atoms with Crippen LogP contribution in [-0.2, 0) is 25.6 Å². The van der Waals surface area contributed by atoms with E-state index >= 15 is 0 Å². The van der Waals surface area contributed by atoms with E-state index in [0.29, 0.717) is 35.5 Å². The first-order valence-electron chi connectivity index (χ1n) is 13.9. The van der Waals surface area contributed by atoms with E-state index in [1.54, 1.807) is 45.0 Å². The van der Waals surface area contributed by atoms with Gasteiger partial charge in [0, 0.05) is 36.0 Å². The SMILES string of the molecule is CC(C)(C)OC(=O)CC[C@@]1(C(=O)NC2CC2)N=C(c2ccc(OCCCO)cc2)O[C@@H]1c1ccccc1CN=[N+]=[N-]. The number of carbonyl (C=O) groups excluding carboxylic acids is 2. The summed E-state index contributed by atoms with van der Waals surface area (Å²) in [7, 11) is 0. The van der Waals surface area contributed by atoms with Crippen molar-refractivity contribution < 1.29 is 28.9 Å². The molecule has 0 aromatic heterocycles. The number of amides is 1. The summed E-state index contributed by atoms with van der Waals surface area (Å²) in [6.07, 6.45) is 1.38. The number of aliphatic imine (C=N–C) groups is 1. The molecule has 0 saturated heterocycles. The Morgan fingerprint density at radius 2 is 1.93 bits per heavy atom. The maximum Gasteiger partial charge on any atom is 0.306 e. The van der Waals surface area contributed by atoms with Crippen LogP contribution in [0.15, 0.2) is 58.6 Å². The minimum atomic E-state index is -1.47. The molecule has 1 aliphatic heterocycles. The number of rotatable bonds is 13. The fourth-order valence-corrected chi connectivity index (χ4v) is 4.61. The van der Waals surface area contributed by atoms with Crippen molar-refractivity contribution >= 4 is 17.8 Å². The number of hydrogen-bond donors (Lipinski definition) is 2. The van der Waals surface area contributed by atoms with Crippen LogP contribution in [-0.4, -0.2) is 53.3 Å². The molecule has 0 unspecified atom stereocenters. The summed E-state index contributed by atoms with van der Waals surface area (Å²) in [5.74, 6) is 0.113. The zero-order valence-corrected chi connectivity index (χ0v) is 23.7. The molecular formula is C30H37N5O6. The number of aliphatic hydroxyl groups is 1. The van der Waals surface area contributed by atoms with Crippen LogP contribution in [0, 0.1) is 0 Å². The molecule has 1 amide bonds. The van der Waals surface area contributed by atoms with Gasteiger partial charge >= 0.3 is 5.97 Å². The highest BCUT2D eigenvalue weighted by molar-refractivity contribution is 6.01.